The second kappa shape index (κ2) is 8.16. The van der Waals surface area contributed by atoms with Crippen LogP contribution in [-0.2, 0) is 17.8 Å². The molecule has 4 heterocycles. The van der Waals surface area contributed by atoms with Crippen molar-refractivity contribution >= 4 is 0 Å². The van der Waals surface area contributed by atoms with Gasteiger partial charge in [0.1, 0.15) is 5.69 Å². The quantitative estimate of drug-likeness (QED) is 0.647. The molecule has 134 valence electrons. The van der Waals surface area contributed by atoms with Gasteiger partial charge in [-0.1, -0.05) is 17.3 Å². The summed E-state index contributed by atoms with van der Waals surface area (Å²) in [5.41, 5.74) is 1.72. The molecule has 3 aromatic heterocycles. The fraction of sp³-hybridized carbons (Fsp3) is 0.368. The topological polar surface area (TPSA) is 77.2 Å². The third-order valence-corrected chi connectivity index (χ3v) is 4.32. The number of nitrogens with zero attached hydrogens (tertiary/aromatic N) is 5. The minimum Gasteiger partial charge on any atom is -0.377 e. The maximum Gasteiger partial charge on any atom is 0.241 e. The third-order valence-electron chi connectivity index (χ3n) is 4.32. The van der Waals surface area contributed by atoms with E-state index in [9.17, 15) is 0 Å². The Morgan fingerprint density at radius 1 is 1.04 bits per heavy atom. The first-order valence-electron chi connectivity index (χ1n) is 8.85. The van der Waals surface area contributed by atoms with Crippen LogP contribution in [0.5, 0.6) is 0 Å². The maximum absolute atomic E-state index is 5.79. The molecule has 26 heavy (non-hydrogen) atoms. The Labute approximate surface area is 152 Å². The van der Waals surface area contributed by atoms with Gasteiger partial charge in [0.2, 0.25) is 11.7 Å². The average Bonchev–Trinajstić information content (AvgIpc) is 3.35. The summed E-state index contributed by atoms with van der Waals surface area (Å²) in [4.78, 5) is 15.4. The molecular formula is C19H21N5O2. The van der Waals surface area contributed by atoms with Crippen LogP contribution in [0.4, 0.5) is 0 Å². The lowest BCUT2D eigenvalue weighted by atomic mass is 10.2. The lowest BCUT2D eigenvalue weighted by Gasteiger charge is -2.23. The Balaban J connectivity index is 1.47. The van der Waals surface area contributed by atoms with Crippen molar-refractivity contribution in [2.24, 2.45) is 0 Å². The van der Waals surface area contributed by atoms with Gasteiger partial charge in [-0.15, -0.1) is 0 Å². The van der Waals surface area contributed by atoms with Gasteiger partial charge in [-0.2, -0.15) is 4.98 Å². The van der Waals surface area contributed by atoms with Crippen molar-refractivity contribution in [3.8, 4) is 11.5 Å². The highest BCUT2D eigenvalue weighted by molar-refractivity contribution is 5.46. The molecule has 0 spiro atoms. The van der Waals surface area contributed by atoms with Crippen LogP contribution < -0.4 is 0 Å². The standard InChI is InChI=1S/C19H21N5O2/c1-3-9-20-15(6-1)12-24(13-16-7-5-11-25-16)14-18-22-19(23-26-18)17-8-2-4-10-21-17/h1-4,6,8-10,16H,5,7,11-14H2. The van der Waals surface area contributed by atoms with Crippen LogP contribution in [-0.4, -0.2) is 44.3 Å². The van der Waals surface area contributed by atoms with Crippen molar-refractivity contribution in [2.75, 3.05) is 13.2 Å². The molecule has 1 fully saturated rings. The van der Waals surface area contributed by atoms with Crippen LogP contribution >= 0.6 is 0 Å². The van der Waals surface area contributed by atoms with E-state index >= 15 is 0 Å². The van der Waals surface area contributed by atoms with Crippen molar-refractivity contribution in [3.63, 3.8) is 0 Å². The molecule has 1 aliphatic heterocycles. The number of ether oxygens (including phenoxy) is 1. The van der Waals surface area contributed by atoms with E-state index in [1.807, 2.05) is 42.6 Å². The van der Waals surface area contributed by atoms with E-state index in [1.54, 1.807) is 6.20 Å². The molecule has 0 saturated carbocycles. The summed E-state index contributed by atoms with van der Waals surface area (Å²) < 4.78 is 11.2. The molecule has 0 aliphatic carbocycles. The summed E-state index contributed by atoms with van der Waals surface area (Å²) in [7, 11) is 0. The zero-order chi connectivity index (χ0) is 17.6. The Kier molecular flexibility index (Phi) is 5.27. The van der Waals surface area contributed by atoms with Gasteiger partial charge in [0.05, 0.1) is 18.3 Å². The second-order valence-electron chi connectivity index (χ2n) is 6.35. The van der Waals surface area contributed by atoms with Crippen LogP contribution in [0.3, 0.4) is 0 Å². The molecule has 3 aromatic rings. The molecular weight excluding hydrogens is 330 g/mol. The summed E-state index contributed by atoms with van der Waals surface area (Å²) >= 11 is 0. The SMILES string of the molecule is c1ccc(CN(Cc2nc(-c3ccccn3)no2)CC2CCCO2)nc1. The van der Waals surface area contributed by atoms with Crippen LogP contribution in [0.25, 0.3) is 11.5 Å². The van der Waals surface area contributed by atoms with Crippen molar-refractivity contribution in [1.29, 1.82) is 0 Å². The minimum absolute atomic E-state index is 0.247. The first-order chi connectivity index (χ1) is 12.9. The highest BCUT2D eigenvalue weighted by atomic mass is 16.5. The zero-order valence-corrected chi connectivity index (χ0v) is 14.5. The summed E-state index contributed by atoms with van der Waals surface area (Å²) in [6, 6.07) is 11.6. The highest BCUT2D eigenvalue weighted by Gasteiger charge is 2.21. The lowest BCUT2D eigenvalue weighted by molar-refractivity contribution is 0.0636. The fourth-order valence-electron chi connectivity index (χ4n) is 3.09. The predicted molar refractivity (Wildman–Crippen MR) is 94.9 cm³/mol. The van der Waals surface area contributed by atoms with Gasteiger partial charge in [0, 0.05) is 32.1 Å². The van der Waals surface area contributed by atoms with Gasteiger partial charge in [0.25, 0.3) is 0 Å². The predicted octanol–water partition coefficient (Wildman–Crippen LogP) is 2.71. The fourth-order valence-corrected chi connectivity index (χ4v) is 3.09. The van der Waals surface area contributed by atoms with E-state index in [0.717, 1.165) is 31.7 Å². The smallest absolute Gasteiger partial charge is 0.241 e. The first kappa shape index (κ1) is 16.8. The maximum atomic E-state index is 5.79. The molecule has 1 atom stereocenters. The monoisotopic (exact) mass is 351 g/mol. The molecule has 4 rings (SSSR count). The second-order valence-corrected chi connectivity index (χ2v) is 6.35. The summed E-state index contributed by atoms with van der Waals surface area (Å²) in [5, 5.41) is 4.06. The normalized spacial score (nSPS) is 17.0. The number of hydrogen-bond donors (Lipinski definition) is 0. The van der Waals surface area contributed by atoms with Gasteiger partial charge < -0.3 is 9.26 Å². The molecule has 7 heteroatoms. The van der Waals surface area contributed by atoms with Crippen LogP contribution in [0.2, 0.25) is 0 Å². The van der Waals surface area contributed by atoms with E-state index < -0.39 is 0 Å². The molecule has 1 aliphatic rings. The number of aromatic nitrogens is 4. The van der Waals surface area contributed by atoms with Crippen molar-refractivity contribution in [1.82, 2.24) is 25.0 Å². The molecule has 0 bridgehead atoms. The number of pyridine rings is 2. The third kappa shape index (κ3) is 4.30. The Morgan fingerprint density at radius 3 is 2.65 bits per heavy atom. The average molecular weight is 351 g/mol. The Morgan fingerprint density at radius 2 is 1.92 bits per heavy atom. The molecule has 0 radical (unpaired) electrons. The van der Waals surface area contributed by atoms with E-state index in [2.05, 4.69) is 25.0 Å². The van der Waals surface area contributed by atoms with E-state index in [1.165, 1.54) is 0 Å². The van der Waals surface area contributed by atoms with Gasteiger partial charge in [-0.05, 0) is 37.1 Å². The Bertz CT molecular complexity index is 803. The molecule has 1 saturated heterocycles. The van der Waals surface area contributed by atoms with E-state index in [4.69, 9.17) is 9.26 Å². The first-order valence-corrected chi connectivity index (χ1v) is 8.85. The Hall–Kier alpha value is -2.64. The molecule has 0 aromatic carbocycles. The highest BCUT2D eigenvalue weighted by Crippen LogP contribution is 2.18. The van der Waals surface area contributed by atoms with Crippen molar-refractivity contribution < 1.29 is 9.26 Å². The van der Waals surface area contributed by atoms with Gasteiger partial charge in [0.15, 0.2) is 0 Å². The number of rotatable bonds is 7. The van der Waals surface area contributed by atoms with Gasteiger partial charge in [-0.25, -0.2) is 0 Å². The molecule has 0 amide bonds. The number of hydrogen-bond acceptors (Lipinski definition) is 7. The van der Waals surface area contributed by atoms with Crippen molar-refractivity contribution in [3.05, 3.63) is 60.4 Å². The molecule has 1 unspecified atom stereocenters. The van der Waals surface area contributed by atoms with E-state index in [0.29, 0.717) is 30.5 Å². The summed E-state index contributed by atoms with van der Waals surface area (Å²) in [5.74, 6) is 1.08. The van der Waals surface area contributed by atoms with E-state index in [-0.39, 0.29) is 6.10 Å². The molecule has 7 nitrogen and oxygen atoms in total. The van der Waals surface area contributed by atoms with Crippen LogP contribution in [0.1, 0.15) is 24.4 Å². The minimum atomic E-state index is 0.247. The van der Waals surface area contributed by atoms with Crippen LogP contribution in [0.15, 0.2) is 53.3 Å². The zero-order valence-electron chi connectivity index (χ0n) is 14.5. The van der Waals surface area contributed by atoms with Gasteiger partial charge in [-0.3, -0.25) is 14.9 Å². The van der Waals surface area contributed by atoms with Crippen molar-refractivity contribution in [2.45, 2.75) is 32.0 Å². The van der Waals surface area contributed by atoms with Gasteiger partial charge >= 0.3 is 0 Å². The lowest BCUT2D eigenvalue weighted by Crippen LogP contribution is -2.31. The molecule has 0 N–H and O–H groups in total. The van der Waals surface area contributed by atoms with Crippen LogP contribution in [0, 0.1) is 0 Å². The summed E-state index contributed by atoms with van der Waals surface area (Å²) in [6.07, 6.45) is 5.98. The largest absolute Gasteiger partial charge is 0.377 e. The summed E-state index contributed by atoms with van der Waals surface area (Å²) in [6.45, 7) is 2.92.